The van der Waals surface area contributed by atoms with Gasteiger partial charge in [-0.15, -0.1) is 0 Å². The number of likely N-dealkylation sites (N-methyl/N-ethyl adjacent to an activating group) is 1. The highest BCUT2D eigenvalue weighted by Crippen LogP contribution is 2.14. The van der Waals surface area contributed by atoms with E-state index in [1.165, 1.54) is 5.56 Å². The lowest BCUT2D eigenvalue weighted by Gasteiger charge is -2.18. The van der Waals surface area contributed by atoms with Crippen LogP contribution in [-0.4, -0.2) is 28.8 Å². The Hall–Kier alpha value is -2.35. The highest BCUT2D eigenvalue weighted by atomic mass is 15.2. The van der Waals surface area contributed by atoms with Crippen LogP contribution in [0.5, 0.6) is 0 Å². The molecule has 0 saturated heterocycles. The van der Waals surface area contributed by atoms with Crippen LogP contribution in [0.3, 0.4) is 0 Å². The smallest absolute Gasteiger partial charge is 0.129 e. The Balaban J connectivity index is 2.05. The van der Waals surface area contributed by atoms with Crippen molar-refractivity contribution in [2.75, 3.05) is 18.5 Å². The number of anilines is 1. The van der Waals surface area contributed by atoms with Crippen LogP contribution in [0.25, 0.3) is 0 Å². The second kappa shape index (κ2) is 5.53. The van der Waals surface area contributed by atoms with Gasteiger partial charge in [-0.2, -0.15) is 10.4 Å². The Morgan fingerprint density at radius 1 is 1.42 bits per heavy atom. The van der Waals surface area contributed by atoms with E-state index in [-0.39, 0.29) is 0 Å². The molecule has 0 aliphatic heterocycles. The minimum Gasteiger partial charge on any atom is -0.359 e. The van der Waals surface area contributed by atoms with Gasteiger partial charge in [0.25, 0.3) is 0 Å². The molecule has 0 unspecified atom stereocenters. The first-order valence-electron chi connectivity index (χ1n) is 6.19. The van der Waals surface area contributed by atoms with Gasteiger partial charge in [0.15, 0.2) is 0 Å². The Kier molecular flexibility index (Phi) is 3.81. The van der Waals surface area contributed by atoms with E-state index in [9.17, 15) is 0 Å². The summed E-state index contributed by atoms with van der Waals surface area (Å²) in [6.07, 6.45) is 2.57. The molecule has 0 amide bonds. The summed E-state index contributed by atoms with van der Waals surface area (Å²) in [5.41, 5.74) is 4.05. The molecule has 0 aliphatic carbocycles. The lowest BCUT2D eigenvalue weighted by atomic mass is 10.1. The highest BCUT2D eigenvalue weighted by molar-refractivity contribution is 5.44. The van der Waals surface area contributed by atoms with Gasteiger partial charge in [0.05, 0.1) is 17.3 Å². The maximum atomic E-state index is 8.89. The number of aromatic nitrogens is 3. The molecule has 0 radical (unpaired) electrons. The summed E-state index contributed by atoms with van der Waals surface area (Å²) in [6, 6.07) is 5.64. The molecule has 98 valence electrons. The lowest BCUT2D eigenvalue weighted by Crippen LogP contribution is -2.21. The third-order valence-electron chi connectivity index (χ3n) is 3.24. The maximum absolute atomic E-state index is 8.89. The zero-order chi connectivity index (χ0) is 13.8. The van der Waals surface area contributed by atoms with Crippen molar-refractivity contribution in [1.29, 1.82) is 5.26 Å². The van der Waals surface area contributed by atoms with Crippen molar-refractivity contribution in [2.45, 2.75) is 20.3 Å². The summed E-state index contributed by atoms with van der Waals surface area (Å²) in [5.74, 6) is 0.817. The van der Waals surface area contributed by atoms with Gasteiger partial charge in [-0.1, -0.05) is 0 Å². The van der Waals surface area contributed by atoms with E-state index in [1.807, 2.05) is 25.8 Å². The van der Waals surface area contributed by atoms with E-state index in [1.54, 1.807) is 18.3 Å². The molecule has 0 fully saturated rings. The molecule has 5 nitrogen and oxygen atoms in total. The first-order valence-corrected chi connectivity index (χ1v) is 6.19. The van der Waals surface area contributed by atoms with E-state index in [2.05, 4.69) is 21.3 Å². The minimum absolute atomic E-state index is 0.632. The Morgan fingerprint density at radius 3 is 2.84 bits per heavy atom. The summed E-state index contributed by atoms with van der Waals surface area (Å²) in [5, 5.41) is 16.1. The van der Waals surface area contributed by atoms with Gasteiger partial charge in [0.1, 0.15) is 5.82 Å². The van der Waals surface area contributed by atoms with Gasteiger partial charge >= 0.3 is 0 Å². The molecule has 0 aliphatic rings. The average Bonchev–Trinajstić information content (AvgIpc) is 2.75. The largest absolute Gasteiger partial charge is 0.359 e. The zero-order valence-corrected chi connectivity index (χ0v) is 11.4. The molecule has 0 spiro atoms. The molecule has 0 bridgehead atoms. The van der Waals surface area contributed by atoms with Crippen LogP contribution in [0.1, 0.15) is 22.5 Å². The van der Waals surface area contributed by atoms with Crippen molar-refractivity contribution < 1.29 is 0 Å². The number of aryl methyl sites for hydroxylation is 2. The van der Waals surface area contributed by atoms with Crippen LogP contribution in [-0.2, 0) is 6.42 Å². The first kappa shape index (κ1) is 13.1. The number of nitrogens with zero attached hydrogens (tertiary/aromatic N) is 4. The van der Waals surface area contributed by atoms with Crippen LogP contribution in [0.4, 0.5) is 5.82 Å². The number of H-pyrrole nitrogens is 1. The summed E-state index contributed by atoms with van der Waals surface area (Å²) in [4.78, 5) is 6.33. The third-order valence-corrected chi connectivity index (χ3v) is 3.24. The highest BCUT2D eigenvalue weighted by Gasteiger charge is 2.09. The van der Waals surface area contributed by atoms with E-state index in [0.29, 0.717) is 5.56 Å². The van der Waals surface area contributed by atoms with Gasteiger partial charge in [-0.25, -0.2) is 4.98 Å². The molecule has 2 rings (SSSR count). The lowest BCUT2D eigenvalue weighted by molar-refractivity contribution is 0.851. The number of nitriles is 1. The van der Waals surface area contributed by atoms with Gasteiger partial charge in [-0.3, -0.25) is 5.10 Å². The number of aromatic amines is 1. The predicted molar refractivity (Wildman–Crippen MR) is 74.0 cm³/mol. The van der Waals surface area contributed by atoms with E-state index in [0.717, 1.165) is 30.2 Å². The van der Waals surface area contributed by atoms with Crippen molar-refractivity contribution >= 4 is 5.82 Å². The van der Waals surface area contributed by atoms with Crippen molar-refractivity contribution in [2.24, 2.45) is 0 Å². The number of nitrogens with one attached hydrogen (secondary N) is 1. The van der Waals surface area contributed by atoms with Crippen molar-refractivity contribution in [3.05, 3.63) is 40.8 Å². The van der Waals surface area contributed by atoms with Gasteiger partial charge in [0.2, 0.25) is 0 Å². The second-order valence-corrected chi connectivity index (χ2v) is 4.60. The molecule has 0 saturated carbocycles. The zero-order valence-electron chi connectivity index (χ0n) is 11.4. The molecule has 1 N–H and O–H groups in total. The molecule has 2 aromatic rings. The fourth-order valence-corrected chi connectivity index (χ4v) is 2.03. The monoisotopic (exact) mass is 255 g/mol. The molecule has 2 aromatic heterocycles. The first-order chi connectivity index (χ1) is 9.11. The second-order valence-electron chi connectivity index (χ2n) is 4.60. The molecule has 0 atom stereocenters. The maximum Gasteiger partial charge on any atom is 0.129 e. The van der Waals surface area contributed by atoms with Gasteiger partial charge in [0, 0.05) is 25.5 Å². The third kappa shape index (κ3) is 2.91. The average molecular weight is 255 g/mol. The molecule has 0 aromatic carbocycles. The summed E-state index contributed by atoms with van der Waals surface area (Å²) < 4.78 is 0. The number of rotatable bonds is 4. The SMILES string of the molecule is Cc1n[nH]c(C)c1CCN(C)c1cc(C#N)ccn1. The summed E-state index contributed by atoms with van der Waals surface area (Å²) in [7, 11) is 1.98. The molecule has 2 heterocycles. The number of hydrogen-bond donors (Lipinski definition) is 1. The summed E-state index contributed by atoms with van der Waals surface area (Å²) in [6.45, 7) is 4.88. The number of hydrogen-bond acceptors (Lipinski definition) is 4. The van der Waals surface area contributed by atoms with E-state index >= 15 is 0 Å². The fraction of sp³-hybridized carbons (Fsp3) is 0.357. The topological polar surface area (TPSA) is 68.6 Å². The Bertz CT molecular complexity index is 589. The predicted octanol–water partition coefficient (Wildman–Crippen LogP) is 1.97. The molecular weight excluding hydrogens is 238 g/mol. The fourth-order valence-electron chi connectivity index (χ4n) is 2.03. The quantitative estimate of drug-likeness (QED) is 0.907. The van der Waals surface area contributed by atoms with Crippen LogP contribution in [0.2, 0.25) is 0 Å². The minimum atomic E-state index is 0.632. The van der Waals surface area contributed by atoms with Gasteiger partial charge < -0.3 is 4.90 Å². The van der Waals surface area contributed by atoms with Crippen molar-refractivity contribution in [3.63, 3.8) is 0 Å². The van der Waals surface area contributed by atoms with Crippen molar-refractivity contribution in [3.8, 4) is 6.07 Å². The van der Waals surface area contributed by atoms with Crippen LogP contribution in [0, 0.1) is 25.2 Å². The van der Waals surface area contributed by atoms with Crippen LogP contribution >= 0.6 is 0 Å². The van der Waals surface area contributed by atoms with Crippen molar-refractivity contribution in [1.82, 2.24) is 15.2 Å². The molecule has 5 heteroatoms. The van der Waals surface area contributed by atoms with Crippen LogP contribution in [0.15, 0.2) is 18.3 Å². The molecule has 19 heavy (non-hydrogen) atoms. The summed E-state index contributed by atoms with van der Waals surface area (Å²) >= 11 is 0. The molecular formula is C14H17N5. The van der Waals surface area contributed by atoms with Crippen LogP contribution < -0.4 is 4.90 Å². The van der Waals surface area contributed by atoms with E-state index in [4.69, 9.17) is 5.26 Å². The Labute approximate surface area is 112 Å². The Morgan fingerprint density at radius 2 is 2.21 bits per heavy atom. The van der Waals surface area contributed by atoms with E-state index < -0.39 is 0 Å². The normalized spacial score (nSPS) is 10.2. The van der Waals surface area contributed by atoms with Gasteiger partial charge in [-0.05, 0) is 38.0 Å². The standard InChI is InChI=1S/C14H17N5/c1-10-13(11(2)18-17-10)5-7-19(3)14-8-12(9-15)4-6-16-14/h4,6,8H,5,7H2,1-3H3,(H,17,18). The number of pyridine rings is 1.